The number of amides is 1. The van der Waals surface area contributed by atoms with E-state index >= 15 is 0 Å². The van der Waals surface area contributed by atoms with Crippen molar-refractivity contribution in [3.63, 3.8) is 0 Å². The molecule has 2 aromatic rings. The predicted molar refractivity (Wildman–Crippen MR) is 112 cm³/mol. The Balaban J connectivity index is 1.77. The van der Waals surface area contributed by atoms with Crippen molar-refractivity contribution in [2.45, 2.75) is 58.2 Å². The molecule has 0 aliphatic heterocycles. The molecule has 29 heavy (non-hydrogen) atoms. The number of aliphatic carboxylic acids is 1. The highest BCUT2D eigenvalue weighted by Crippen LogP contribution is 2.32. The van der Waals surface area contributed by atoms with Gasteiger partial charge in [0.25, 0.3) is 0 Å². The highest BCUT2D eigenvalue weighted by atomic mass is 16.6. The molecular formula is C24H29NO4. The molecule has 5 nitrogen and oxygen atoms in total. The third-order valence-electron chi connectivity index (χ3n) is 5.24. The molecule has 0 bridgehead atoms. The number of nitrogens with zero attached hydrogens (tertiary/aromatic N) is 1. The summed E-state index contributed by atoms with van der Waals surface area (Å²) in [6.45, 7) is 5.92. The van der Waals surface area contributed by atoms with Crippen LogP contribution in [-0.2, 0) is 16.1 Å². The Morgan fingerprint density at radius 3 is 2.17 bits per heavy atom. The van der Waals surface area contributed by atoms with E-state index in [0.29, 0.717) is 25.8 Å². The lowest BCUT2D eigenvalue weighted by atomic mass is 10.0. The molecule has 1 fully saturated rings. The number of carboxylic acid groups (broad SMARTS) is 1. The monoisotopic (exact) mass is 395 g/mol. The molecule has 2 atom stereocenters. The molecule has 2 aromatic carbocycles. The third kappa shape index (κ3) is 5.59. The lowest BCUT2D eigenvalue weighted by molar-refractivity contribution is -0.141. The Morgan fingerprint density at radius 2 is 1.62 bits per heavy atom. The molecule has 1 N–H and O–H groups in total. The van der Waals surface area contributed by atoms with Gasteiger partial charge in [-0.3, -0.25) is 4.79 Å². The van der Waals surface area contributed by atoms with Crippen LogP contribution in [0.2, 0.25) is 0 Å². The maximum Gasteiger partial charge on any atom is 0.410 e. The quantitative estimate of drug-likeness (QED) is 0.742. The summed E-state index contributed by atoms with van der Waals surface area (Å²) in [5.41, 5.74) is 2.65. The number of carbonyl (C=O) groups is 2. The normalized spacial score (nSPS) is 19.0. The summed E-state index contributed by atoms with van der Waals surface area (Å²) in [4.78, 5) is 25.9. The van der Waals surface area contributed by atoms with Crippen LogP contribution in [0.25, 0.3) is 11.1 Å². The molecule has 1 aliphatic rings. The third-order valence-corrected chi connectivity index (χ3v) is 5.24. The van der Waals surface area contributed by atoms with Gasteiger partial charge in [0, 0.05) is 12.6 Å². The SMILES string of the molecule is CC(C)(C)OC(=O)N(Cc1ccc(-c2ccccc2)cc1)[C@H]1CC[C@@H](C(=O)O)C1. The fraction of sp³-hybridized carbons (Fsp3) is 0.417. The fourth-order valence-electron chi connectivity index (χ4n) is 3.76. The van der Waals surface area contributed by atoms with Gasteiger partial charge in [-0.15, -0.1) is 0 Å². The molecule has 0 heterocycles. The number of hydrogen-bond acceptors (Lipinski definition) is 3. The minimum atomic E-state index is -0.788. The predicted octanol–water partition coefficient (Wildman–Crippen LogP) is 5.34. The van der Waals surface area contributed by atoms with E-state index in [0.717, 1.165) is 16.7 Å². The summed E-state index contributed by atoms with van der Waals surface area (Å²) < 4.78 is 5.61. The van der Waals surface area contributed by atoms with Gasteiger partial charge in [-0.25, -0.2) is 4.79 Å². The largest absolute Gasteiger partial charge is 0.481 e. The molecule has 1 amide bonds. The lowest BCUT2D eigenvalue weighted by Crippen LogP contribution is -2.42. The van der Waals surface area contributed by atoms with E-state index < -0.39 is 17.5 Å². The highest BCUT2D eigenvalue weighted by Gasteiger charge is 2.36. The molecular weight excluding hydrogens is 366 g/mol. The average molecular weight is 395 g/mol. The van der Waals surface area contributed by atoms with Crippen LogP contribution in [-0.4, -0.2) is 33.7 Å². The summed E-state index contributed by atoms with van der Waals surface area (Å²) in [6, 6.07) is 18.1. The molecule has 0 aromatic heterocycles. The van der Waals surface area contributed by atoms with E-state index in [2.05, 4.69) is 12.1 Å². The van der Waals surface area contributed by atoms with Crippen LogP contribution in [0, 0.1) is 5.92 Å². The minimum absolute atomic E-state index is 0.125. The van der Waals surface area contributed by atoms with Gasteiger partial charge < -0.3 is 14.7 Å². The van der Waals surface area contributed by atoms with Crippen LogP contribution in [0.5, 0.6) is 0 Å². The van der Waals surface area contributed by atoms with Crippen molar-refractivity contribution < 1.29 is 19.4 Å². The maximum atomic E-state index is 12.9. The first-order chi connectivity index (χ1) is 13.7. The molecule has 1 aliphatic carbocycles. The standard InChI is InChI=1S/C24H29NO4/c1-24(2,3)29-23(28)25(21-14-13-20(15-21)22(26)27)16-17-9-11-19(12-10-17)18-7-5-4-6-8-18/h4-12,20-21H,13-16H2,1-3H3,(H,26,27)/t20-,21+/m1/s1. The van der Waals surface area contributed by atoms with E-state index in [-0.39, 0.29) is 12.1 Å². The first-order valence-corrected chi connectivity index (χ1v) is 10.1. The summed E-state index contributed by atoms with van der Waals surface area (Å²) >= 11 is 0. The number of hydrogen-bond donors (Lipinski definition) is 1. The molecule has 3 rings (SSSR count). The molecule has 0 saturated heterocycles. The van der Waals surface area contributed by atoms with Gasteiger partial charge >= 0.3 is 12.1 Å². The molecule has 0 radical (unpaired) electrons. The zero-order chi connectivity index (χ0) is 21.0. The summed E-state index contributed by atoms with van der Waals surface area (Å²) in [5.74, 6) is -1.19. The number of ether oxygens (including phenoxy) is 1. The minimum Gasteiger partial charge on any atom is -0.481 e. The van der Waals surface area contributed by atoms with Crippen LogP contribution < -0.4 is 0 Å². The molecule has 1 saturated carbocycles. The second-order valence-corrected chi connectivity index (χ2v) is 8.67. The second kappa shape index (κ2) is 8.68. The topological polar surface area (TPSA) is 66.8 Å². The number of benzene rings is 2. The number of rotatable bonds is 5. The van der Waals surface area contributed by atoms with Gasteiger partial charge in [0.15, 0.2) is 0 Å². The van der Waals surface area contributed by atoms with Gasteiger partial charge in [-0.1, -0.05) is 54.6 Å². The van der Waals surface area contributed by atoms with Crippen LogP contribution in [0.3, 0.4) is 0 Å². The van der Waals surface area contributed by atoms with E-state index in [4.69, 9.17) is 4.74 Å². The smallest absolute Gasteiger partial charge is 0.410 e. The molecule has 0 spiro atoms. The van der Waals surface area contributed by atoms with Gasteiger partial charge in [-0.05, 0) is 56.7 Å². The van der Waals surface area contributed by atoms with Gasteiger partial charge in [0.1, 0.15) is 5.60 Å². The van der Waals surface area contributed by atoms with Crippen molar-refractivity contribution in [3.05, 3.63) is 60.2 Å². The maximum absolute atomic E-state index is 12.9. The van der Waals surface area contributed by atoms with Gasteiger partial charge in [-0.2, -0.15) is 0 Å². The Labute approximate surface area is 172 Å². The van der Waals surface area contributed by atoms with Crippen molar-refractivity contribution in [3.8, 4) is 11.1 Å². The molecule has 0 unspecified atom stereocenters. The summed E-state index contributed by atoms with van der Waals surface area (Å²) in [6.07, 6.45) is 1.35. The van der Waals surface area contributed by atoms with Crippen LogP contribution in [0.15, 0.2) is 54.6 Å². The zero-order valence-electron chi connectivity index (χ0n) is 17.3. The van der Waals surface area contributed by atoms with E-state index in [1.165, 1.54) is 0 Å². The summed E-state index contributed by atoms with van der Waals surface area (Å²) in [7, 11) is 0. The Hall–Kier alpha value is -2.82. The van der Waals surface area contributed by atoms with Crippen molar-refractivity contribution in [1.82, 2.24) is 4.90 Å². The Bertz CT molecular complexity index is 839. The lowest BCUT2D eigenvalue weighted by Gasteiger charge is -2.32. The van der Waals surface area contributed by atoms with Crippen molar-refractivity contribution in [1.29, 1.82) is 0 Å². The van der Waals surface area contributed by atoms with Crippen molar-refractivity contribution in [2.24, 2.45) is 5.92 Å². The van der Waals surface area contributed by atoms with Gasteiger partial charge in [0.2, 0.25) is 0 Å². The Kier molecular flexibility index (Phi) is 6.26. The first-order valence-electron chi connectivity index (χ1n) is 10.1. The van der Waals surface area contributed by atoms with Crippen molar-refractivity contribution in [2.75, 3.05) is 0 Å². The van der Waals surface area contributed by atoms with Crippen LogP contribution >= 0.6 is 0 Å². The molecule has 154 valence electrons. The fourth-order valence-corrected chi connectivity index (χ4v) is 3.76. The van der Waals surface area contributed by atoms with Crippen molar-refractivity contribution >= 4 is 12.1 Å². The van der Waals surface area contributed by atoms with Crippen LogP contribution in [0.1, 0.15) is 45.6 Å². The second-order valence-electron chi connectivity index (χ2n) is 8.67. The van der Waals surface area contributed by atoms with Crippen LogP contribution in [0.4, 0.5) is 4.79 Å². The zero-order valence-corrected chi connectivity index (χ0v) is 17.3. The summed E-state index contributed by atoms with van der Waals surface area (Å²) in [5, 5.41) is 9.33. The number of carbonyl (C=O) groups excluding carboxylic acids is 1. The Morgan fingerprint density at radius 1 is 1.00 bits per heavy atom. The van der Waals surface area contributed by atoms with E-state index in [9.17, 15) is 14.7 Å². The first kappa shape index (κ1) is 20.9. The van der Waals surface area contributed by atoms with Gasteiger partial charge in [0.05, 0.1) is 5.92 Å². The highest BCUT2D eigenvalue weighted by molar-refractivity contribution is 5.72. The van der Waals surface area contributed by atoms with E-state index in [1.54, 1.807) is 4.90 Å². The number of carboxylic acids is 1. The van der Waals surface area contributed by atoms with E-state index in [1.807, 2.05) is 63.2 Å². The average Bonchev–Trinajstić information content (AvgIpc) is 3.16. The molecule has 5 heteroatoms.